The van der Waals surface area contributed by atoms with Crippen LogP contribution in [0.25, 0.3) is 11.3 Å². The fraction of sp³-hybridized carbons (Fsp3) is 0.136. The second-order valence-electron chi connectivity index (χ2n) is 6.80. The fourth-order valence-corrected chi connectivity index (χ4v) is 2.99. The minimum atomic E-state index is -0.458. The topological polar surface area (TPSA) is 83.4 Å². The van der Waals surface area contributed by atoms with Crippen LogP contribution in [0.2, 0.25) is 0 Å². The van der Waals surface area contributed by atoms with Gasteiger partial charge >= 0.3 is 0 Å². The van der Waals surface area contributed by atoms with Gasteiger partial charge in [0, 0.05) is 27.3 Å². The van der Waals surface area contributed by atoms with Crippen molar-refractivity contribution in [1.82, 2.24) is 5.32 Å². The number of hydrogen-bond donors (Lipinski definition) is 3. The van der Waals surface area contributed by atoms with Crippen LogP contribution in [0, 0.1) is 5.92 Å². The highest BCUT2D eigenvalue weighted by molar-refractivity contribution is 9.10. The molecule has 0 spiro atoms. The zero-order valence-corrected chi connectivity index (χ0v) is 18.8. The molecule has 1 aromatic heterocycles. The number of thiocarbonyl (C=S) groups is 1. The minimum Gasteiger partial charge on any atom is -0.451 e. The summed E-state index contributed by atoms with van der Waals surface area (Å²) in [5, 5.41) is 8.46. The molecule has 2 aromatic carbocycles. The van der Waals surface area contributed by atoms with Crippen LogP contribution in [0.15, 0.2) is 69.6 Å². The van der Waals surface area contributed by atoms with E-state index in [9.17, 15) is 9.59 Å². The number of benzene rings is 2. The largest absolute Gasteiger partial charge is 0.451 e. The number of carbonyl (C=O) groups excluding carboxylic acids is 2. The molecule has 0 saturated heterocycles. The molecule has 0 aliphatic rings. The maximum absolute atomic E-state index is 12.4. The van der Waals surface area contributed by atoms with Crippen molar-refractivity contribution in [3.63, 3.8) is 0 Å². The summed E-state index contributed by atoms with van der Waals surface area (Å²) in [6.07, 6.45) is 0. The van der Waals surface area contributed by atoms with Gasteiger partial charge in [0.15, 0.2) is 10.9 Å². The highest BCUT2D eigenvalue weighted by Crippen LogP contribution is 2.24. The average Bonchev–Trinajstić information content (AvgIpc) is 3.19. The highest BCUT2D eigenvalue weighted by Gasteiger charge is 2.14. The molecule has 1 heterocycles. The van der Waals surface area contributed by atoms with Crippen molar-refractivity contribution < 1.29 is 14.0 Å². The Hall–Kier alpha value is -2.97. The lowest BCUT2D eigenvalue weighted by Crippen LogP contribution is -2.33. The molecule has 3 rings (SSSR count). The second kappa shape index (κ2) is 9.69. The number of anilines is 2. The highest BCUT2D eigenvalue weighted by atomic mass is 79.9. The lowest BCUT2D eigenvalue weighted by molar-refractivity contribution is -0.118. The first-order chi connectivity index (χ1) is 14.3. The Kier molecular flexibility index (Phi) is 7.02. The van der Waals surface area contributed by atoms with E-state index >= 15 is 0 Å². The zero-order valence-electron chi connectivity index (χ0n) is 16.4. The van der Waals surface area contributed by atoms with Gasteiger partial charge in [0.2, 0.25) is 5.91 Å². The summed E-state index contributed by atoms with van der Waals surface area (Å²) in [5.41, 5.74) is 2.13. The molecule has 3 N–H and O–H groups in total. The predicted molar refractivity (Wildman–Crippen MR) is 125 cm³/mol. The number of amides is 2. The lowest BCUT2D eigenvalue weighted by Gasteiger charge is -2.11. The van der Waals surface area contributed by atoms with Gasteiger partial charge < -0.3 is 15.1 Å². The normalized spacial score (nSPS) is 10.5. The predicted octanol–water partition coefficient (Wildman–Crippen LogP) is 5.43. The van der Waals surface area contributed by atoms with E-state index in [0.29, 0.717) is 17.1 Å². The van der Waals surface area contributed by atoms with Gasteiger partial charge in [-0.15, -0.1) is 0 Å². The van der Waals surface area contributed by atoms with E-state index in [1.165, 1.54) is 0 Å². The SMILES string of the molecule is CC(C)C(=O)Nc1cccc(NC(=S)NC(=O)c2ccc(-c3ccc(Br)cc3)o2)c1. The van der Waals surface area contributed by atoms with Crippen molar-refractivity contribution in [3.8, 4) is 11.3 Å². The molecule has 2 amide bonds. The Bertz CT molecular complexity index is 1080. The van der Waals surface area contributed by atoms with E-state index in [1.807, 2.05) is 38.1 Å². The van der Waals surface area contributed by atoms with Crippen molar-refractivity contribution in [2.24, 2.45) is 5.92 Å². The summed E-state index contributed by atoms with van der Waals surface area (Å²) in [6.45, 7) is 3.64. The van der Waals surface area contributed by atoms with Crippen molar-refractivity contribution in [3.05, 3.63) is 70.9 Å². The fourth-order valence-electron chi connectivity index (χ4n) is 2.52. The van der Waals surface area contributed by atoms with E-state index in [-0.39, 0.29) is 22.7 Å². The summed E-state index contributed by atoms with van der Waals surface area (Å²) in [7, 11) is 0. The quantitative estimate of drug-likeness (QED) is 0.419. The van der Waals surface area contributed by atoms with Gasteiger partial charge in [-0.2, -0.15) is 0 Å². The van der Waals surface area contributed by atoms with Crippen molar-refractivity contribution in [2.75, 3.05) is 10.6 Å². The molecular weight excluding hydrogens is 466 g/mol. The van der Waals surface area contributed by atoms with Crippen LogP contribution < -0.4 is 16.0 Å². The second-order valence-corrected chi connectivity index (χ2v) is 8.13. The van der Waals surface area contributed by atoms with Crippen LogP contribution >= 0.6 is 28.1 Å². The van der Waals surface area contributed by atoms with E-state index in [2.05, 4.69) is 31.9 Å². The molecule has 0 radical (unpaired) electrons. The third kappa shape index (κ3) is 5.77. The van der Waals surface area contributed by atoms with Gasteiger partial charge in [0.1, 0.15) is 5.76 Å². The molecule has 0 fully saturated rings. The van der Waals surface area contributed by atoms with E-state index in [4.69, 9.17) is 16.6 Å². The summed E-state index contributed by atoms with van der Waals surface area (Å²) < 4.78 is 6.60. The van der Waals surface area contributed by atoms with Crippen molar-refractivity contribution in [2.45, 2.75) is 13.8 Å². The molecule has 0 unspecified atom stereocenters. The Balaban J connectivity index is 1.61. The van der Waals surface area contributed by atoms with Gasteiger partial charge in [0.25, 0.3) is 5.91 Å². The molecule has 0 aliphatic heterocycles. The first-order valence-electron chi connectivity index (χ1n) is 9.21. The van der Waals surface area contributed by atoms with Gasteiger partial charge in [-0.3, -0.25) is 14.9 Å². The first kappa shape index (κ1) is 21.7. The molecule has 154 valence electrons. The summed E-state index contributed by atoms with van der Waals surface area (Å²) in [4.78, 5) is 24.3. The van der Waals surface area contributed by atoms with Crippen LogP contribution in [0.5, 0.6) is 0 Å². The minimum absolute atomic E-state index is 0.0811. The smallest absolute Gasteiger partial charge is 0.293 e. The van der Waals surface area contributed by atoms with Crippen molar-refractivity contribution >= 4 is 56.4 Å². The zero-order chi connectivity index (χ0) is 21.7. The van der Waals surface area contributed by atoms with Crippen LogP contribution in [-0.4, -0.2) is 16.9 Å². The molecule has 3 aromatic rings. The Labute approximate surface area is 188 Å². The van der Waals surface area contributed by atoms with Crippen LogP contribution in [0.4, 0.5) is 11.4 Å². The van der Waals surface area contributed by atoms with Gasteiger partial charge in [-0.1, -0.05) is 48.0 Å². The van der Waals surface area contributed by atoms with Gasteiger partial charge in [0.05, 0.1) is 0 Å². The molecule has 0 aliphatic carbocycles. The Morgan fingerprint density at radius 2 is 1.63 bits per heavy atom. The summed E-state index contributed by atoms with van der Waals surface area (Å²) in [5.74, 6) is 0.0651. The van der Waals surface area contributed by atoms with Gasteiger partial charge in [-0.05, 0) is 54.7 Å². The van der Waals surface area contributed by atoms with E-state index in [0.717, 1.165) is 10.0 Å². The number of hydrogen-bond acceptors (Lipinski definition) is 4. The van der Waals surface area contributed by atoms with E-state index < -0.39 is 5.91 Å². The Morgan fingerprint density at radius 1 is 0.967 bits per heavy atom. The molecule has 0 atom stereocenters. The maximum Gasteiger partial charge on any atom is 0.293 e. The van der Waals surface area contributed by atoms with Crippen LogP contribution in [-0.2, 0) is 4.79 Å². The standard InChI is InChI=1S/C22H20BrN3O3S/c1-13(2)20(27)24-16-4-3-5-17(12-16)25-22(30)26-21(28)19-11-10-18(29-19)14-6-8-15(23)9-7-14/h3-13H,1-2H3,(H,24,27)(H2,25,26,28,30). The molecule has 0 saturated carbocycles. The average molecular weight is 486 g/mol. The number of carbonyl (C=O) groups is 2. The third-order valence-corrected chi connectivity index (χ3v) is 4.83. The molecule has 30 heavy (non-hydrogen) atoms. The van der Waals surface area contributed by atoms with Crippen molar-refractivity contribution in [1.29, 1.82) is 0 Å². The lowest BCUT2D eigenvalue weighted by atomic mass is 10.2. The van der Waals surface area contributed by atoms with Crippen LogP contribution in [0.3, 0.4) is 0 Å². The number of rotatable bonds is 5. The maximum atomic E-state index is 12.4. The molecule has 6 nitrogen and oxygen atoms in total. The third-order valence-electron chi connectivity index (χ3n) is 4.10. The monoisotopic (exact) mass is 485 g/mol. The molecular formula is C22H20BrN3O3S. The summed E-state index contributed by atoms with van der Waals surface area (Å²) >= 11 is 8.61. The van der Waals surface area contributed by atoms with Gasteiger partial charge in [-0.25, -0.2) is 0 Å². The molecule has 8 heteroatoms. The van der Waals surface area contributed by atoms with E-state index in [1.54, 1.807) is 36.4 Å². The van der Waals surface area contributed by atoms with Crippen LogP contribution in [0.1, 0.15) is 24.4 Å². The number of halogens is 1. The summed E-state index contributed by atoms with van der Waals surface area (Å²) in [6, 6.07) is 18.0. The number of furan rings is 1. The molecule has 0 bridgehead atoms. The first-order valence-corrected chi connectivity index (χ1v) is 10.4. The Morgan fingerprint density at radius 3 is 2.30 bits per heavy atom. The number of nitrogens with one attached hydrogen (secondary N) is 3.